The van der Waals surface area contributed by atoms with Crippen LogP contribution in [0.1, 0.15) is 23.2 Å². The summed E-state index contributed by atoms with van der Waals surface area (Å²) in [6, 6.07) is 16.9. The Morgan fingerprint density at radius 2 is 1.74 bits per heavy atom. The molecule has 0 spiro atoms. The van der Waals surface area contributed by atoms with E-state index in [4.69, 9.17) is 4.74 Å². The van der Waals surface area contributed by atoms with Crippen molar-refractivity contribution in [1.82, 2.24) is 9.55 Å². The summed E-state index contributed by atoms with van der Waals surface area (Å²) in [6.45, 7) is 0.806. The van der Waals surface area contributed by atoms with Gasteiger partial charge in [0, 0.05) is 30.9 Å². The molecule has 116 valence electrons. The molecule has 0 aliphatic rings. The lowest BCUT2D eigenvalue weighted by Gasteiger charge is -2.06. The second kappa shape index (κ2) is 7.40. The predicted octanol–water partition coefficient (Wildman–Crippen LogP) is 4.34. The number of Topliss-reactive ketones (excluding diaryl/α,β-unsaturated/α-hetero) is 1. The first-order valence-electron chi connectivity index (χ1n) is 7.63. The van der Waals surface area contributed by atoms with Gasteiger partial charge in [0.05, 0.1) is 6.33 Å². The summed E-state index contributed by atoms with van der Waals surface area (Å²) in [6.07, 6.45) is 6.74. The number of aromatic nitrogens is 2. The molecule has 0 N–H and O–H groups in total. The van der Waals surface area contributed by atoms with Gasteiger partial charge in [-0.1, -0.05) is 18.2 Å². The van der Waals surface area contributed by atoms with Crippen LogP contribution in [-0.2, 0) is 6.54 Å². The summed E-state index contributed by atoms with van der Waals surface area (Å²) in [5.74, 6) is 1.66. The molecule has 3 rings (SSSR count). The molecule has 4 heteroatoms. The molecule has 2 aromatic carbocycles. The number of carbonyl (C=O) groups excluding carboxylic acids is 1. The third kappa shape index (κ3) is 4.30. The largest absolute Gasteiger partial charge is 0.457 e. The van der Waals surface area contributed by atoms with Crippen molar-refractivity contribution in [2.45, 2.75) is 19.4 Å². The minimum Gasteiger partial charge on any atom is -0.457 e. The summed E-state index contributed by atoms with van der Waals surface area (Å²) in [4.78, 5) is 16.2. The fraction of sp³-hybridized carbons (Fsp3) is 0.158. The Bertz CT molecular complexity index is 735. The van der Waals surface area contributed by atoms with Crippen molar-refractivity contribution in [3.63, 3.8) is 0 Å². The molecule has 0 saturated heterocycles. The van der Waals surface area contributed by atoms with Gasteiger partial charge < -0.3 is 9.30 Å². The molecule has 23 heavy (non-hydrogen) atoms. The van der Waals surface area contributed by atoms with Gasteiger partial charge in [0.2, 0.25) is 0 Å². The average Bonchev–Trinajstić information content (AvgIpc) is 3.10. The second-order valence-electron chi connectivity index (χ2n) is 5.27. The molecule has 4 nitrogen and oxygen atoms in total. The fourth-order valence-electron chi connectivity index (χ4n) is 2.32. The van der Waals surface area contributed by atoms with E-state index in [1.165, 1.54) is 0 Å². The first-order valence-corrected chi connectivity index (χ1v) is 7.63. The molecule has 1 aromatic heterocycles. The molecule has 0 bridgehead atoms. The molecular formula is C19H18N2O2. The predicted molar refractivity (Wildman–Crippen MR) is 88.7 cm³/mol. The zero-order chi connectivity index (χ0) is 15.9. The van der Waals surface area contributed by atoms with E-state index in [1.54, 1.807) is 12.5 Å². The van der Waals surface area contributed by atoms with Gasteiger partial charge in [-0.05, 0) is 42.8 Å². The molecule has 0 amide bonds. The molecule has 3 aromatic rings. The van der Waals surface area contributed by atoms with Gasteiger partial charge in [-0.15, -0.1) is 0 Å². The molecule has 0 fully saturated rings. The van der Waals surface area contributed by atoms with E-state index >= 15 is 0 Å². The molecule has 0 aliphatic carbocycles. The Hall–Kier alpha value is -2.88. The van der Waals surface area contributed by atoms with Gasteiger partial charge in [0.25, 0.3) is 0 Å². The number of nitrogens with zero attached hydrogens (tertiary/aromatic N) is 2. The lowest BCUT2D eigenvalue weighted by molar-refractivity contribution is 0.0978. The average molecular weight is 306 g/mol. The number of aryl methyl sites for hydroxylation is 1. The molecule has 0 saturated carbocycles. The van der Waals surface area contributed by atoms with Gasteiger partial charge in [-0.3, -0.25) is 4.79 Å². The zero-order valence-corrected chi connectivity index (χ0v) is 12.8. The third-order valence-corrected chi connectivity index (χ3v) is 3.53. The Kier molecular flexibility index (Phi) is 4.84. The summed E-state index contributed by atoms with van der Waals surface area (Å²) >= 11 is 0. The summed E-state index contributed by atoms with van der Waals surface area (Å²) in [5, 5.41) is 0. The standard InChI is InChI=1S/C19H18N2O2/c22-19(7-4-13-21-14-12-20-15-21)16-8-10-18(11-9-16)23-17-5-2-1-3-6-17/h1-3,5-6,8-12,14-15H,4,7,13H2. The summed E-state index contributed by atoms with van der Waals surface area (Å²) in [5.41, 5.74) is 0.719. The van der Waals surface area contributed by atoms with Crippen molar-refractivity contribution in [2.75, 3.05) is 0 Å². The van der Waals surface area contributed by atoms with Crippen LogP contribution in [0.15, 0.2) is 73.3 Å². The highest BCUT2D eigenvalue weighted by molar-refractivity contribution is 5.96. The van der Waals surface area contributed by atoms with Gasteiger partial charge in [-0.25, -0.2) is 4.98 Å². The van der Waals surface area contributed by atoms with Crippen molar-refractivity contribution in [2.24, 2.45) is 0 Å². The molecule has 0 atom stereocenters. The zero-order valence-electron chi connectivity index (χ0n) is 12.8. The van der Waals surface area contributed by atoms with E-state index in [0.29, 0.717) is 6.42 Å². The van der Waals surface area contributed by atoms with Crippen LogP contribution in [0, 0.1) is 0 Å². The summed E-state index contributed by atoms with van der Waals surface area (Å²) in [7, 11) is 0. The molecule has 0 aliphatic heterocycles. The maximum absolute atomic E-state index is 12.2. The lowest BCUT2D eigenvalue weighted by Crippen LogP contribution is -2.02. The molecule has 1 heterocycles. The quantitative estimate of drug-likeness (QED) is 0.610. The highest BCUT2D eigenvalue weighted by Gasteiger charge is 2.06. The van der Waals surface area contributed by atoms with Crippen LogP contribution in [0.4, 0.5) is 0 Å². The van der Waals surface area contributed by atoms with Gasteiger partial charge in [0.1, 0.15) is 11.5 Å². The van der Waals surface area contributed by atoms with Crippen molar-refractivity contribution >= 4 is 5.78 Å². The maximum Gasteiger partial charge on any atom is 0.162 e. The number of imidazole rings is 1. The van der Waals surface area contributed by atoms with Crippen molar-refractivity contribution in [3.05, 3.63) is 78.9 Å². The van der Waals surface area contributed by atoms with Crippen molar-refractivity contribution in [1.29, 1.82) is 0 Å². The van der Waals surface area contributed by atoms with E-state index in [0.717, 1.165) is 30.0 Å². The molecule has 0 radical (unpaired) electrons. The van der Waals surface area contributed by atoms with Crippen LogP contribution in [0.5, 0.6) is 11.5 Å². The van der Waals surface area contributed by atoms with Crippen LogP contribution in [0.3, 0.4) is 0 Å². The first kappa shape index (κ1) is 15.0. The number of ether oxygens (including phenoxy) is 1. The fourth-order valence-corrected chi connectivity index (χ4v) is 2.32. The van der Waals surface area contributed by atoms with E-state index in [2.05, 4.69) is 4.98 Å². The number of benzene rings is 2. The topological polar surface area (TPSA) is 44.1 Å². The maximum atomic E-state index is 12.2. The number of rotatable bonds is 7. The highest BCUT2D eigenvalue weighted by atomic mass is 16.5. The van der Waals surface area contributed by atoms with E-state index < -0.39 is 0 Å². The van der Waals surface area contributed by atoms with Gasteiger partial charge >= 0.3 is 0 Å². The second-order valence-corrected chi connectivity index (χ2v) is 5.27. The normalized spacial score (nSPS) is 10.4. The van der Waals surface area contributed by atoms with E-state index in [9.17, 15) is 4.79 Å². The first-order chi connectivity index (χ1) is 11.3. The third-order valence-electron chi connectivity index (χ3n) is 3.53. The minimum atomic E-state index is 0.149. The minimum absolute atomic E-state index is 0.149. The SMILES string of the molecule is O=C(CCCn1ccnc1)c1ccc(Oc2ccccc2)cc1. The number of hydrogen-bond donors (Lipinski definition) is 0. The summed E-state index contributed by atoms with van der Waals surface area (Å²) < 4.78 is 7.70. The number of ketones is 1. The van der Waals surface area contributed by atoms with E-state index in [-0.39, 0.29) is 5.78 Å². The Morgan fingerprint density at radius 3 is 2.43 bits per heavy atom. The lowest BCUT2D eigenvalue weighted by atomic mass is 10.1. The number of para-hydroxylation sites is 1. The number of carbonyl (C=O) groups is 1. The van der Waals surface area contributed by atoms with Crippen LogP contribution in [-0.4, -0.2) is 15.3 Å². The molecule has 0 unspecified atom stereocenters. The Labute approximate surface area is 135 Å². The van der Waals surface area contributed by atoms with E-state index in [1.807, 2.05) is 65.4 Å². The highest BCUT2D eigenvalue weighted by Crippen LogP contribution is 2.21. The van der Waals surface area contributed by atoms with Crippen LogP contribution in [0.25, 0.3) is 0 Å². The van der Waals surface area contributed by atoms with Gasteiger partial charge in [-0.2, -0.15) is 0 Å². The van der Waals surface area contributed by atoms with Crippen molar-refractivity contribution in [3.8, 4) is 11.5 Å². The van der Waals surface area contributed by atoms with Crippen LogP contribution in [0.2, 0.25) is 0 Å². The Balaban J connectivity index is 1.53. The van der Waals surface area contributed by atoms with Crippen LogP contribution >= 0.6 is 0 Å². The van der Waals surface area contributed by atoms with Gasteiger partial charge in [0.15, 0.2) is 5.78 Å². The smallest absolute Gasteiger partial charge is 0.162 e. The number of hydrogen-bond acceptors (Lipinski definition) is 3. The van der Waals surface area contributed by atoms with Crippen molar-refractivity contribution < 1.29 is 9.53 Å². The Morgan fingerprint density at radius 1 is 1.00 bits per heavy atom. The molecular weight excluding hydrogens is 288 g/mol. The monoisotopic (exact) mass is 306 g/mol. The van der Waals surface area contributed by atoms with Crippen LogP contribution < -0.4 is 4.74 Å².